The molecule has 1 nitrogen and oxygen atoms in total. The summed E-state index contributed by atoms with van der Waals surface area (Å²) in [5.74, 6) is 4.79. The smallest absolute Gasteiger partial charge is 0.0571 e. The minimum Gasteiger partial charge on any atom is -0.393 e. The Morgan fingerprint density at radius 3 is 2.07 bits per heavy atom. The fourth-order valence-corrected chi connectivity index (χ4v) is 7.24. The summed E-state index contributed by atoms with van der Waals surface area (Å²) in [6.07, 6.45) is 24.5. The highest BCUT2D eigenvalue weighted by Gasteiger charge is 2.40. The maximum Gasteiger partial charge on any atom is 0.0571 e. The van der Waals surface area contributed by atoms with E-state index in [4.69, 9.17) is 0 Å². The number of aliphatic hydroxyl groups is 1. The van der Waals surface area contributed by atoms with Crippen molar-refractivity contribution in [1.29, 1.82) is 0 Å². The molecular formula is C29H56O. The monoisotopic (exact) mass is 420 g/mol. The normalized spacial score (nSPS) is 33.3. The van der Waals surface area contributed by atoms with Crippen LogP contribution >= 0.6 is 0 Å². The molecule has 1 N–H and O–H groups in total. The molecule has 0 heterocycles. The van der Waals surface area contributed by atoms with Crippen LogP contribution in [0.1, 0.15) is 143 Å². The molecule has 0 aliphatic heterocycles. The van der Waals surface area contributed by atoms with E-state index in [0.29, 0.717) is 5.92 Å². The van der Waals surface area contributed by atoms with Gasteiger partial charge in [0.25, 0.3) is 0 Å². The second kappa shape index (κ2) is 14.9. The van der Waals surface area contributed by atoms with Gasteiger partial charge in [-0.15, -0.1) is 0 Å². The van der Waals surface area contributed by atoms with Gasteiger partial charge in [0, 0.05) is 0 Å². The van der Waals surface area contributed by atoms with Crippen LogP contribution in [0.2, 0.25) is 0 Å². The lowest BCUT2D eigenvalue weighted by atomic mass is 9.61. The van der Waals surface area contributed by atoms with Crippen LogP contribution in [0.4, 0.5) is 0 Å². The van der Waals surface area contributed by atoms with Gasteiger partial charge >= 0.3 is 0 Å². The van der Waals surface area contributed by atoms with Crippen LogP contribution in [0.15, 0.2) is 0 Å². The molecule has 30 heavy (non-hydrogen) atoms. The molecule has 178 valence electrons. The molecule has 0 amide bonds. The lowest BCUT2D eigenvalue weighted by Crippen LogP contribution is -2.40. The van der Waals surface area contributed by atoms with Crippen LogP contribution in [0.25, 0.3) is 0 Å². The number of rotatable bonds is 10. The van der Waals surface area contributed by atoms with Gasteiger partial charge in [-0.05, 0) is 54.8 Å². The highest BCUT2D eigenvalue weighted by molar-refractivity contribution is 4.90. The van der Waals surface area contributed by atoms with E-state index in [1.807, 2.05) is 0 Å². The minimum atomic E-state index is -0.0539. The number of hydrogen-bond acceptors (Lipinski definition) is 1. The molecule has 5 unspecified atom stereocenters. The Labute approximate surface area is 190 Å². The average Bonchev–Trinajstić information content (AvgIpc) is 2.75. The summed E-state index contributed by atoms with van der Waals surface area (Å²) in [6.45, 7) is 9.75. The maximum absolute atomic E-state index is 11.3. The molecule has 2 aliphatic carbocycles. The van der Waals surface area contributed by atoms with Crippen molar-refractivity contribution in [2.45, 2.75) is 149 Å². The van der Waals surface area contributed by atoms with Crippen LogP contribution in [0.3, 0.4) is 0 Å². The van der Waals surface area contributed by atoms with Crippen molar-refractivity contribution in [1.82, 2.24) is 0 Å². The summed E-state index contributed by atoms with van der Waals surface area (Å²) < 4.78 is 0. The van der Waals surface area contributed by atoms with Crippen LogP contribution in [0.5, 0.6) is 0 Å². The van der Waals surface area contributed by atoms with Crippen molar-refractivity contribution in [3.63, 3.8) is 0 Å². The minimum absolute atomic E-state index is 0.0539. The zero-order chi connectivity index (χ0) is 21.8. The quantitative estimate of drug-likeness (QED) is 0.349. The largest absolute Gasteiger partial charge is 0.393 e. The van der Waals surface area contributed by atoms with Gasteiger partial charge in [-0.3, -0.25) is 0 Å². The van der Waals surface area contributed by atoms with Crippen molar-refractivity contribution >= 4 is 0 Å². The first kappa shape index (κ1) is 26.2. The fourth-order valence-electron chi connectivity index (χ4n) is 7.24. The van der Waals surface area contributed by atoms with Crippen molar-refractivity contribution < 1.29 is 5.11 Å². The molecule has 1 heteroatoms. The third kappa shape index (κ3) is 8.48. The second-order valence-electron chi connectivity index (χ2n) is 11.5. The van der Waals surface area contributed by atoms with E-state index >= 15 is 0 Å². The zero-order valence-electron chi connectivity index (χ0n) is 21.2. The van der Waals surface area contributed by atoms with Crippen molar-refractivity contribution in [3.05, 3.63) is 0 Å². The first-order chi connectivity index (χ1) is 14.6. The molecule has 2 aliphatic rings. The molecule has 2 saturated carbocycles. The van der Waals surface area contributed by atoms with E-state index in [-0.39, 0.29) is 6.10 Å². The Kier molecular flexibility index (Phi) is 13.0. The molecule has 0 bridgehead atoms. The maximum atomic E-state index is 11.3. The summed E-state index contributed by atoms with van der Waals surface area (Å²) >= 11 is 0. The third-order valence-corrected chi connectivity index (χ3v) is 8.96. The molecular weight excluding hydrogens is 364 g/mol. The predicted octanol–water partition coefficient (Wildman–Crippen LogP) is 9.17. The van der Waals surface area contributed by atoms with E-state index in [1.165, 1.54) is 109 Å². The molecule has 0 spiro atoms. The van der Waals surface area contributed by atoms with Gasteiger partial charge in [-0.2, -0.15) is 0 Å². The average molecular weight is 421 g/mol. The molecule has 0 radical (unpaired) electrons. The van der Waals surface area contributed by atoms with Crippen LogP contribution in [-0.2, 0) is 0 Å². The van der Waals surface area contributed by atoms with Gasteiger partial charge in [-0.1, -0.05) is 124 Å². The predicted molar refractivity (Wildman–Crippen MR) is 133 cm³/mol. The topological polar surface area (TPSA) is 20.2 Å². The van der Waals surface area contributed by atoms with E-state index in [0.717, 1.165) is 36.0 Å². The Morgan fingerprint density at radius 1 is 0.733 bits per heavy atom. The lowest BCUT2D eigenvalue weighted by Gasteiger charge is -2.45. The Hall–Kier alpha value is -0.0400. The third-order valence-electron chi connectivity index (χ3n) is 8.96. The fraction of sp³-hybridized carbons (Fsp3) is 1.00. The standard InChI is InChI=1S/C29H56O/c1-5-7-10-16-23(3)21-22-27-26(15-6-2)28(30)20-14-8-11-17-24(4)29(27)25-18-12-9-13-19-25/h23-30H,5-22H2,1-4H3/t23?,24?,26-,27?,28?,29?/m1/s1. The molecule has 6 atom stereocenters. The number of aliphatic hydroxyl groups excluding tert-OH is 1. The second-order valence-corrected chi connectivity index (χ2v) is 11.5. The highest BCUT2D eigenvalue weighted by atomic mass is 16.3. The number of unbranched alkanes of at least 4 members (excludes halogenated alkanes) is 2. The summed E-state index contributed by atoms with van der Waals surface area (Å²) in [5.41, 5.74) is 0. The van der Waals surface area contributed by atoms with Gasteiger partial charge in [0.2, 0.25) is 0 Å². The van der Waals surface area contributed by atoms with Gasteiger partial charge in [-0.25, -0.2) is 0 Å². The molecule has 0 aromatic rings. The lowest BCUT2D eigenvalue weighted by molar-refractivity contribution is -0.0102. The summed E-state index contributed by atoms with van der Waals surface area (Å²) in [5, 5.41) is 11.3. The van der Waals surface area contributed by atoms with Crippen LogP contribution in [0, 0.1) is 35.5 Å². The summed E-state index contributed by atoms with van der Waals surface area (Å²) in [6, 6.07) is 0. The first-order valence-electron chi connectivity index (χ1n) is 14.3. The SMILES string of the molecule is CCCCCC(C)CCC1C(C2CCCCC2)C(C)CCCCCC(O)[C@@H]1CCC. The van der Waals surface area contributed by atoms with Gasteiger partial charge in [0.15, 0.2) is 0 Å². The van der Waals surface area contributed by atoms with Crippen LogP contribution < -0.4 is 0 Å². The van der Waals surface area contributed by atoms with Crippen LogP contribution in [-0.4, -0.2) is 11.2 Å². The zero-order valence-corrected chi connectivity index (χ0v) is 21.2. The molecule has 0 saturated heterocycles. The molecule has 0 aromatic carbocycles. The summed E-state index contributed by atoms with van der Waals surface area (Å²) in [7, 11) is 0. The van der Waals surface area contributed by atoms with Gasteiger partial charge < -0.3 is 5.11 Å². The summed E-state index contributed by atoms with van der Waals surface area (Å²) in [4.78, 5) is 0. The van der Waals surface area contributed by atoms with Gasteiger partial charge in [0.05, 0.1) is 6.10 Å². The molecule has 2 fully saturated rings. The first-order valence-corrected chi connectivity index (χ1v) is 14.3. The van der Waals surface area contributed by atoms with Crippen molar-refractivity contribution in [2.75, 3.05) is 0 Å². The van der Waals surface area contributed by atoms with E-state index in [2.05, 4.69) is 27.7 Å². The Bertz CT molecular complexity index is 413. The number of hydrogen-bond donors (Lipinski definition) is 1. The van der Waals surface area contributed by atoms with E-state index in [1.54, 1.807) is 0 Å². The van der Waals surface area contributed by atoms with Gasteiger partial charge in [0.1, 0.15) is 0 Å². The molecule has 0 aromatic heterocycles. The van der Waals surface area contributed by atoms with E-state index in [9.17, 15) is 5.11 Å². The van der Waals surface area contributed by atoms with E-state index < -0.39 is 0 Å². The Balaban J connectivity index is 2.21. The van der Waals surface area contributed by atoms with Crippen molar-refractivity contribution in [2.24, 2.45) is 35.5 Å². The highest BCUT2D eigenvalue weighted by Crippen LogP contribution is 2.47. The molecule has 2 rings (SSSR count). The Morgan fingerprint density at radius 2 is 1.40 bits per heavy atom. The van der Waals surface area contributed by atoms with Crippen molar-refractivity contribution in [3.8, 4) is 0 Å².